The highest BCUT2D eigenvalue weighted by Gasteiger charge is 2.50. The third kappa shape index (κ3) is 1.54. The standard InChI is InChI=1S/C11H11Cl2O/c1-7(2)11(6-14-11)9-4-3-8(12)5-10(9)13/h3-5,7H,1,6H2,2H3/t7-,11?/m1/s1. The minimum Gasteiger partial charge on any atom is -0.364 e. The minimum absolute atomic E-state index is 0.182. The molecule has 1 nitrogen and oxygen atoms in total. The summed E-state index contributed by atoms with van der Waals surface area (Å²) in [4.78, 5) is 0. The van der Waals surface area contributed by atoms with Crippen LogP contribution < -0.4 is 0 Å². The van der Waals surface area contributed by atoms with Crippen LogP contribution in [0, 0.1) is 12.8 Å². The van der Waals surface area contributed by atoms with Crippen molar-refractivity contribution in [1.82, 2.24) is 0 Å². The van der Waals surface area contributed by atoms with Gasteiger partial charge in [0.1, 0.15) is 5.60 Å². The van der Waals surface area contributed by atoms with Gasteiger partial charge in [-0.15, -0.1) is 0 Å². The largest absolute Gasteiger partial charge is 0.364 e. The Labute approximate surface area is 94.0 Å². The van der Waals surface area contributed by atoms with Crippen LogP contribution in [0.4, 0.5) is 0 Å². The molecule has 1 fully saturated rings. The van der Waals surface area contributed by atoms with Crippen LogP contribution >= 0.6 is 23.2 Å². The normalized spacial score (nSPS) is 25.5. The molecule has 3 heteroatoms. The molecule has 2 rings (SSSR count). The second-order valence-corrected chi connectivity index (χ2v) is 4.55. The van der Waals surface area contributed by atoms with Crippen LogP contribution in [0.2, 0.25) is 10.0 Å². The average Bonchev–Trinajstić information content (AvgIpc) is 2.84. The van der Waals surface area contributed by atoms with Gasteiger partial charge < -0.3 is 4.74 Å². The van der Waals surface area contributed by atoms with E-state index in [0.29, 0.717) is 16.7 Å². The number of rotatable bonds is 2. The highest BCUT2D eigenvalue weighted by atomic mass is 35.5. The van der Waals surface area contributed by atoms with Crippen molar-refractivity contribution in [3.63, 3.8) is 0 Å². The van der Waals surface area contributed by atoms with Gasteiger partial charge in [0.15, 0.2) is 0 Å². The molecule has 1 unspecified atom stereocenters. The van der Waals surface area contributed by atoms with E-state index >= 15 is 0 Å². The van der Waals surface area contributed by atoms with E-state index in [0.717, 1.165) is 5.56 Å². The lowest BCUT2D eigenvalue weighted by Gasteiger charge is -2.17. The molecular formula is C11H11Cl2O. The van der Waals surface area contributed by atoms with E-state index in [9.17, 15) is 0 Å². The summed E-state index contributed by atoms with van der Waals surface area (Å²) in [6, 6.07) is 5.48. The molecule has 0 N–H and O–H groups in total. The fourth-order valence-electron chi connectivity index (χ4n) is 1.62. The number of halogens is 2. The van der Waals surface area contributed by atoms with Gasteiger partial charge >= 0.3 is 0 Å². The van der Waals surface area contributed by atoms with Crippen LogP contribution in [0.25, 0.3) is 0 Å². The summed E-state index contributed by atoms with van der Waals surface area (Å²) in [6.45, 7) is 6.72. The first-order valence-electron chi connectivity index (χ1n) is 4.49. The Balaban J connectivity index is 2.42. The lowest BCUT2D eigenvalue weighted by Crippen LogP contribution is -2.17. The maximum atomic E-state index is 6.11. The van der Waals surface area contributed by atoms with E-state index in [1.54, 1.807) is 6.07 Å². The Morgan fingerprint density at radius 1 is 1.50 bits per heavy atom. The van der Waals surface area contributed by atoms with E-state index < -0.39 is 0 Å². The van der Waals surface area contributed by atoms with Gasteiger partial charge in [-0.2, -0.15) is 0 Å². The predicted molar refractivity (Wildman–Crippen MR) is 58.6 cm³/mol. The molecule has 0 aromatic heterocycles. The molecule has 0 aliphatic carbocycles. The van der Waals surface area contributed by atoms with Crippen LogP contribution in [0.15, 0.2) is 18.2 Å². The van der Waals surface area contributed by atoms with Gasteiger partial charge in [-0.3, -0.25) is 0 Å². The molecule has 1 heterocycles. The Kier molecular flexibility index (Phi) is 2.50. The zero-order valence-electron chi connectivity index (χ0n) is 7.89. The smallest absolute Gasteiger partial charge is 0.120 e. The third-order valence-corrected chi connectivity index (χ3v) is 3.19. The van der Waals surface area contributed by atoms with Gasteiger partial charge in [0.2, 0.25) is 0 Å². The molecule has 75 valence electrons. The topological polar surface area (TPSA) is 12.5 Å². The predicted octanol–water partition coefficient (Wildman–Crippen LogP) is 3.69. The summed E-state index contributed by atoms with van der Waals surface area (Å²) >= 11 is 11.9. The Bertz CT molecular complexity index is 356. The Morgan fingerprint density at radius 3 is 2.57 bits per heavy atom. The van der Waals surface area contributed by atoms with E-state index in [4.69, 9.17) is 27.9 Å². The fourth-order valence-corrected chi connectivity index (χ4v) is 2.18. The molecule has 1 aliphatic heterocycles. The van der Waals surface area contributed by atoms with Crippen molar-refractivity contribution in [2.24, 2.45) is 5.92 Å². The summed E-state index contributed by atoms with van der Waals surface area (Å²) in [5.74, 6) is 0.182. The molecular weight excluding hydrogens is 219 g/mol. The van der Waals surface area contributed by atoms with Gasteiger partial charge in [-0.25, -0.2) is 0 Å². The maximum Gasteiger partial charge on any atom is 0.120 e. The number of epoxide rings is 1. The van der Waals surface area contributed by atoms with Crippen molar-refractivity contribution in [2.75, 3.05) is 6.61 Å². The number of benzene rings is 1. The summed E-state index contributed by atoms with van der Waals surface area (Å²) in [6.07, 6.45) is 0. The van der Waals surface area contributed by atoms with Crippen molar-refractivity contribution in [2.45, 2.75) is 12.5 Å². The van der Waals surface area contributed by atoms with Crippen molar-refractivity contribution in [3.8, 4) is 0 Å². The van der Waals surface area contributed by atoms with Gasteiger partial charge in [0.05, 0.1) is 6.61 Å². The van der Waals surface area contributed by atoms with Crippen LogP contribution in [-0.4, -0.2) is 6.61 Å². The SMILES string of the molecule is [CH2][C@H](C)C1(c2ccc(Cl)cc2Cl)CO1. The maximum absolute atomic E-state index is 6.11. The average molecular weight is 230 g/mol. The van der Waals surface area contributed by atoms with Gasteiger partial charge in [0.25, 0.3) is 0 Å². The van der Waals surface area contributed by atoms with Crippen LogP contribution in [0.3, 0.4) is 0 Å². The van der Waals surface area contributed by atoms with E-state index in [2.05, 4.69) is 6.92 Å². The van der Waals surface area contributed by atoms with Crippen molar-refractivity contribution < 1.29 is 4.74 Å². The second-order valence-electron chi connectivity index (χ2n) is 3.70. The van der Waals surface area contributed by atoms with Gasteiger partial charge in [0, 0.05) is 15.6 Å². The Hall–Kier alpha value is -0.240. The lowest BCUT2D eigenvalue weighted by molar-refractivity contribution is 0.258. The first-order valence-corrected chi connectivity index (χ1v) is 5.24. The molecule has 2 atom stereocenters. The van der Waals surface area contributed by atoms with Crippen LogP contribution in [0.1, 0.15) is 12.5 Å². The summed E-state index contributed by atoms with van der Waals surface area (Å²) in [5.41, 5.74) is 0.716. The molecule has 1 radical (unpaired) electrons. The second kappa shape index (κ2) is 3.41. The summed E-state index contributed by atoms with van der Waals surface area (Å²) < 4.78 is 5.47. The molecule has 1 saturated heterocycles. The zero-order chi connectivity index (χ0) is 10.3. The van der Waals surface area contributed by atoms with Crippen molar-refractivity contribution in [1.29, 1.82) is 0 Å². The molecule has 0 spiro atoms. The lowest BCUT2D eigenvalue weighted by atomic mass is 9.89. The van der Waals surface area contributed by atoms with Crippen molar-refractivity contribution in [3.05, 3.63) is 40.7 Å². The van der Waals surface area contributed by atoms with Gasteiger partial charge in [-0.1, -0.05) is 36.2 Å². The molecule has 1 aromatic carbocycles. The summed E-state index contributed by atoms with van der Waals surface area (Å²) in [7, 11) is 0. The van der Waals surface area contributed by atoms with Crippen LogP contribution in [-0.2, 0) is 10.3 Å². The van der Waals surface area contributed by atoms with E-state index in [1.807, 2.05) is 19.1 Å². The van der Waals surface area contributed by atoms with E-state index in [-0.39, 0.29) is 11.5 Å². The Morgan fingerprint density at radius 2 is 2.14 bits per heavy atom. The molecule has 1 aliphatic rings. The number of hydrogen-bond donors (Lipinski definition) is 0. The highest BCUT2D eigenvalue weighted by molar-refractivity contribution is 6.35. The van der Waals surface area contributed by atoms with Crippen LogP contribution in [0.5, 0.6) is 0 Å². The molecule has 14 heavy (non-hydrogen) atoms. The summed E-state index contributed by atoms with van der Waals surface area (Å²) in [5, 5.41) is 1.30. The van der Waals surface area contributed by atoms with Crippen molar-refractivity contribution >= 4 is 23.2 Å². The number of ether oxygens (including phenoxy) is 1. The first-order chi connectivity index (χ1) is 6.56. The first kappa shape index (κ1) is 10.3. The minimum atomic E-state index is -0.276. The fraction of sp³-hybridized carbons (Fsp3) is 0.364. The third-order valence-electron chi connectivity index (χ3n) is 2.64. The van der Waals surface area contributed by atoms with E-state index in [1.165, 1.54) is 0 Å². The highest BCUT2D eigenvalue weighted by Crippen LogP contribution is 2.47. The molecule has 0 bridgehead atoms. The number of hydrogen-bond acceptors (Lipinski definition) is 1. The monoisotopic (exact) mass is 229 g/mol. The molecule has 1 aromatic rings. The molecule has 0 amide bonds. The van der Waals surface area contributed by atoms with Gasteiger partial charge in [-0.05, 0) is 25.0 Å². The quantitative estimate of drug-likeness (QED) is 0.706. The zero-order valence-corrected chi connectivity index (χ0v) is 9.40. The molecule has 0 saturated carbocycles.